The number of esters is 1. The molecular formula is C50H46IN7O2. The van der Waals surface area contributed by atoms with Gasteiger partial charge in [-0.15, -0.1) is 5.10 Å². The zero-order valence-electron chi connectivity index (χ0n) is 33.7. The van der Waals surface area contributed by atoms with Crippen molar-refractivity contribution < 1.29 is 9.53 Å². The Morgan fingerprint density at radius 1 is 0.683 bits per heavy atom. The van der Waals surface area contributed by atoms with Gasteiger partial charge in [0.15, 0.2) is 11.6 Å². The van der Waals surface area contributed by atoms with Gasteiger partial charge in [-0.05, 0) is 91.7 Å². The maximum absolute atomic E-state index is 13.5. The molecule has 10 heteroatoms. The smallest absolute Gasteiger partial charge is 0.344 e. The van der Waals surface area contributed by atoms with Crippen molar-refractivity contribution in [1.29, 1.82) is 0 Å². The minimum atomic E-state index is -0.878. The highest BCUT2D eigenvalue weighted by Crippen LogP contribution is 2.43. The van der Waals surface area contributed by atoms with Crippen molar-refractivity contribution in [3.05, 3.63) is 207 Å². The van der Waals surface area contributed by atoms with Crippen LogP contribution in [0.5, 0.6) is 0 Å². The molecule has 6 aromatic carbocycles. The minimum absolute atomic E-state index is 0.290. The maximum Gasteiger partial charge on any atom is 0.344 e. The molecule has 0 fully saturated rings. The van der Waals surface area contributed by atoms with Crippen LogP contribution in [0.1, 0.15) is 58.4 Å². The molecule has 0 radical (unpaired) electrons. The summed E-state index contributed by atoms with van der Waals surface area (Å²) in [5.41, 5.74) is 8.00. The second-order valence-corrected chi connectivity index (χ2v) is 15.6. The summed E-state index contributed by atoms with van der Waals surface area (Å²) in [6.07, 6.45) is 1.68. The molecule has 300 valence electrons. The molecule has 0 N–H and O–H groups in total. The van der Waals surface area contributed by atoms with Crippen molar-refractivity contribution in [1.82, 2.24) is 30.0 Å². The van der Waals surface area contributed by atoms with E-state index in [1.807, 2.05) is 58.8 Å². The molecule has 2 heterocycles. The van der Waals surface area contributed by atoms with Gasteiger partial charge < -0.3 is 9.64 Å². The number of hydrogen-bond acceptors (Lipinski definition) is 7. The highest BCUT2D eigenvalue weighted by atomic mass is 127. The Bertz CT molecular complexity index is 2530. The lowest BCUT2D eigenvalue weighted by Gasteiger charge is -2.36. The van der Waals surface area contributed by atoms with Gasteiger partial charge in [0.2, 0.25) is 0 Å². The van der Waals surface area contributed by atoms with E-state index >= 15 is 0 Å². The van der Waals surface area contributed by atoms with Gasteiger partial charge in [0.05, 0.1) is 6.61 Å². The zero-order chi connectivity index (χ0) is 41.3. The normalized spacial score (nSPS) is 11.4. The Morgan fingerprint density at radius 2 is 1.23 bits per heavy atom. The van der Waals surface area contributed by atoms with Gasteiger partial charge in [0.25, 0.3) is 0 Å². The van der Waals surface area contributed by atoms with E-state index in [1.54, 1.807) is 0 Å². The molecular weight excluding hydrogens is 858 g/mol. The van der Waals surface area contributed by atoms with Gasteiger partial charge in [-0.2, -0.15) is 5.10 Å². The molecule has 0 aliphatic rings. The quantitative estimate of drug-likeness (QED) is 0.0542. The van der Waals surface area contributed by atoms with Crippen molar-refractivity contribution in [2.75, 3.05) is 18.1 Å². The Morgan fingerprint density at radius 3 is 1.80 bits per heavy atom. The van der Waals surface area contributed by atoms with Crippen LogP contribution in [0.3, 0.4) is 0 Å². The molecule has 0 spiro atoms. The molecule has 0 unspecified atom stereocenters. The predicted octanol–water partition coefficient (Wildman–Crippen LogP) is 10.5. The van der Waals surface area contributed by atoms with Crippen LogP contribution in [0.25, 0.3) is 22.5 Å². The van der Waals surface area contributed by atoms with Crippen molar-refractivity contribution >= 4 is 34.4 Å². The second-order valence-electron chi connectivity index (χ2n) is 14.6. The predicted molar refractivity (Wildman–Crippen MR) is 246 cm³/mol. The van der Waals surface area contributed by atoms with E-state index < -0.39 is 5.54 Å². The molecule has 60 heavy (non-hydrogen) atoms. The first-order valence-corrected chi connectivity index (χ1v) is 21.5. The molecule has 0 aliphatic carbocycles. The van der Waals surface area contributed by atoms with Crippen LogP contribution in [0.4, 0.5) is 5.82 Å². The molecule has 0 atom stereocenters. The van der Waals surface area contributed by atoms with Gasteiger partial charge >= 0.3 is 5.97 Å². The summed E-state index contributed by atoms with van der Waals surface area (Å²) in [4.78, 5) is 15.7. The summed E-state index contributed by atoms with van der Waals surface area (Å²) in [5.74, 6) is 0.936. The van der Waals surface area contributed by atoms with Gasteiger partial charge in [0.1, 0.15) is 14.8 Å². The SMILES string of the molecule is CCCN(Cc1ccc(-c2ccccc2-c2nnnn2C(c2ccccc2)(c2ccccc2)c2ccccc2)cc1)c1nn(CCc2ccccc2)c(I)c1C(=O)OCC. The number of hydrogen-bond donors (Lipinski definition) is 0. The Balaban J connectivity index is 1.15. The van der Waals surface area contributed by atoms with Gasteiger partial charge in [-0.3, -0.25) is 4.68 Å². The van der Waals surface area contributed by atoms with E-state index in [9.17, 15) is 4.79 Å². The fourth-order valence-corrected chi connectivity index (χ4v) is 8.82. The molecule has 0 aliphatic heterocycles. The average molecular weight is 904 g/mol. The summed E-state index contributed by atoms with van der Waals surface area (Å²) >= 11 is 2.24. The van der Waals surface area contributed by atoms with Crippen LogP contribution >= 0.6 is 22.6 Å². The molecule has 0 saturated carbocycles. The zero-order valence-corrected chi connectivity index (χ0v) is 35.9. The van der Waals surface area contributed by atoms with Gasteiger partial charge in [0, 0.05) is 25.2 Å². The van der Waals surface area contributed by atoms with Crippen molar-refractivity contribution in [2.24, 2.45) is 0 Å². The van der Waals surface area contributed by atoms with Crippen molar-refractivity contribution in [2.45, 2.75) is 45.3 Å². The number of ether oxygens (including phenoxy) is 1. The topological polar surface area (TPSA) is 91.0 Å². The van der Waals surface area contributed by atoms with Crippen LogP contribution in [-0.4, -0.2) is 49.1 Å². The third-order valence-electron chi connectivity index (χ3n) is 10.8. The summed E-state index contributed by atoms with van der Waals surface area (Å²) in [6, 6.07) is 58.6. The minimum Gasteiger partial charge on any atom is -0.462 e. The van der Waals surface area contributed by atoms with E-state index in [2.05, 4.69) is 167 Å². The third-order valence-corrected chi connectivity index (χ3v) is 11.9. The second kappa shape index (κ2) is 18.7. The molecule has 0 bridgehead atoms. The number of aryl methyl sites for hydroxylation is 2. The molecule has 9 nitrogen and oxygen atoms in total. The standard InChI is InChI=1S/C50H46IN7O2/c1-3-34-56(48-45(49(59)60-4-2)46(51)57(53-48)35-33-37-19-9-5-10-20-37)36-38-29-31-39(32-30-38)43-27-17-18-28-44(43)47-52-54-55-58(47)50(40-21-11-6-12-22-40,41-23-13-7-14-24-41)42-25-15-8-16-26-42/h5-32H,3-4,33-36H2,1-2H3. The first-order valence-electron chi connectivity index (χ1n) is 20.4. The largest absolute Gasteiger partial charge is 0.462 e. The van der Waals surface area contributed by atoms with Gasteiger partial charge in [-0.25, -0.2) is 9.48 Å². The van der Waals surface area contributed by atoms with Crippen LogP contribution in [-0.2, 0) is 29.8 Å². The fraction of sp³-hybridized carbons (Fsp3) is 0.180. The number of carbonyl (C=O) groups is 1. The Kier molecular flexibility index (Phi) is 12.6. The lowest BCUT2D eigenvalue weighted by atomic mass is 9.77. The summed E-state index contributed by atoms with van der Waals surface area (Å²) < 4.78 is 10.3. The first kappa shape index (κ1) is 40.4. The number of halogens is 1. The summed E-state index contributed by atoms with van der Waals surface area (Å²) in [7, 11) is 0. The van der Waals surface area contributed by atoms with Gasteiger partial charge in [-0.1, -0.05) is 177 Å². The van der Waals surface area contributed by atoms with Crippen molar-refractivity contribution in [3.8, 4) is 22.5 Å². The lowest BCUT2D eigenvalue weighted by Crippen LogP contribution is -2.39. The molecule has 0 amide bonds. The number of tetrazole rings is 1. The first-order chi connectivity index (χ1) is 29.5. The molecule has 8 rings (SSSR count). The Hall–Kier alpha value is -6.40. The van der Waals surface area contributed by atoms with Crippen LogP contribution in [0.15, 0.2) is 170 Å². The van der Waals surface area contributed by atoms with E-state index in [0.29, 0.717) is 36.9 Å². The number of anilines is 1. The van der Waals surface area contributed by atoms with E-state index in [4.69, 9.17) is 20.1 Å². The number of benzene rings is 6. The monoisotopic (exact) mass is 903 g/mol. The average Bonchev–Trinajstić information content (AvgIpc) is 3.92. The summed E-state index contributed by atoms with van der Waals surface area (Å²) in [6.45, 7) is 6.20. The van der Waals surface area contributed by atoms with E-state index in [0.717, 1.165) is 62.0 Å². The number of rotatable bonds is 16. The van der Waals surface area contributed by atoms with Crippen LogP contribution in [0.2, 0.25) is 0 Å². The summed E-state index contributed by atoms with van der Waals surface area (Å²) in [5, 5.41) is 19.0. The van der Waals surface area contributed by atoms with Crippen molar-refractivity contribution in [3.63, 3.8) is 0 Å². The lowest BCUT2D eigenvalue weighted by molar-refractivity contribution is 0.0525. The molecule has 0 saturated heterocycles. The van der Waals surface area contributed by atoms with Crippen LogP contribution < -0.4 is 4.90 Å². The maximum atomic E-state index is 13.5. The number of nitrogens with zero attached hydrogens (tertiary/aromatic N) is 7. The Labute approximate surface area is 364 Å². The molecule has 2 aromatic heterocycles. The number of aromatic nitrogens is 6. The van der Waals surface area contributed by atoms with E-state index in [-0.39, 0.29) is 5.97 Å². The number of carbonyl (C=O) groups excluding carboxylic acids is 1. The van der Waals surface area contributed by atoms with E-state index in [1.165, 1.54) is 5.56 Å². The third kappa shape index (κ3) is 8.11. The highest BCUT2D eigenvalue weighted by molar-refractivity contribution is 14.1. The van der Waals surface area contributed by atoms with Crippen LogP contribution in [0, 0.1) is 3.70 Å². The fourth-order valence-electron chi connectivity index (χ4n) is 8.01. The highest BCUT2D eigenvalue weighted by Gasteiger charge is 2.42. The molecule has 8 aromatic rings.